The summed E-state index contributed by atoms with van der Waals surface area (Å²) in [5.41, 5.74) is -0.699. The molecule has 21 heavy (non-hydrogen) atoms. The van der Waals surface area contributed by atoms with Crippen LogP contribution in [0.2, 0.25) is 0 Å². The highest BCUT2D eigenvalue weighted by molar-refractivity contribution is 7.98. The van der Waals surface area contributed by atoms with E-state index in [9.17, 15) is 4.79 Å². The van der Waals surface area contributed by atoms with Crippen LogP contribution in [0.4, 0.5) is 4.79 Å². The van der Waals surface area contributed by atoms with Crippen LogP contribution in [0.25, 0.3) is 0 Å². The van der Waals surface area contributed by atoms with Gasteiger partial charge >= 0.3 is 6.09 Å². The van der Waals surface area contributed by atoms with Gasteiger partial charge in [-0.15, -0.1) is 0 Å². The monoisotopic (exact) mass is 318 g/mol. The van der Waals surface area contributed by atoms with Crippen molar-refractivity contribution in [1.29, 1.82) is 0 Å². The number of hydrogen-bond donors (Lipinski definition) is 1. The van der Waals surface area contributed by atoms with Crippen molar-refractivity contribution in [2.45, 2.75) is 59.6 Å². The van der Waals surface area contributed by atoms with Crippen molar-refractivity contribution in [1.82, 2.24) is 10.2 Å². The maximum absolute atomic E-state index is 12.3. The van der Waals surface area contributed by atoms with Gasteiger partial charge in [-0.2, -0.15) is 11.8 Å². The Morgan fingerprint density at radius 1 is 1.24 bits per heavy atom. The topological polar surface area (TPSA) is 41.6 Å². The second-order valence-corrected chi connectivity index (χ2v) is 8.48. The van der Waals surface area contributed by atoms with Crippen LogP contribution < -0.4 is 5.32 Å². The average molecular weight is 319 g/mol. The standard InChI is InChI=1S/C16H34N2O2S/c1-13(12-21-8)11-17-9-10-18(15(2,3)4)14(19)20-16(5,6)7/h13,17H,9-12H2,1-8H3. The number of nitrogens with zero attached hydrogens (tertiary/aromatic N) is 1. The lowest BCUT2D eigenvalue weighted by atomic mass is 10.1. The summed E-state index contributed by atoms with van der Waals surface area (Å²) in [5, 5.41) is 3.43. The van der Waals surface area contributed by atoms with Gasteiger partial charge in [-0.1, -0.05) is 6.92 Å². The van der Waals surface area contributed by atoms with E-state index >= 15 is 0 Å². The minimum absolute atomic E-state index is 0.241. The molecule has 5 heteroatoms. The molecular formula is C16H34N2O2S. The van der Waals surface area contributed by atoms with Crippen molar-refractivity contribution in [2.24, 2.45) is 5.92 Å². The predicted octanol–water partition coefficient (Wildman–Crippen LogP) is 3.61. The number of thioether (sulfide) groups is 1. The van der Waals surface area contributed by atoms with E-state index in [0.29, 0.717) is 12.5 Å². The fraction of sp³-hybridized carbons (Fsp3) is 0.938. The third-order valence-electron chi connectivity index (χ3n) is 2.88. The van der Waals surface area contributed by atoms with Crippen molar-refractivity contribution in [3.8, 4) is 0 Å². The van der Waals surface area contributed by atoms with Gasteiger partial charge in [-0.25, -0.2) is 4.79 Å². The number of hydrogen-bond acceptors (Lipinski definition) is 4. The molecule has 126 valence electrons. The van der Waals surface area contributed by atoms with E-state index in [2.05, 4.69) is 18.5 Å². The lowest BCUT2D eigenvalue weighted by Crippen LogP contribution is -2.50. The van der Waals surface area contributed by atoms with Gasteiger partial charge in [-0.3, -0.25) is 0 Å². The van der Waals surface area contributed by atoms with Gasteiger partial charge in [0.05, 0.1) is 0 Å². The number of carbonyl (C=O) groups is 1. The number of ether oxygens (including phenoxy) is 1. The summed E-state index contributed by atoms with van der Waals surface area (Å²) >= 11 is 1.87. The van der Waals surface area contributed by atoms with E-state index in [1.165, 1.54) is 0 Å². The molecule has 0 radical (unpaired) electrons. The van der Waals surface area contributed by atoms with E-state index in [0.717, 1.165) is 18.8 Å². The normalized spacial score (nSPS) is 13.9. The molecule has 0 bridgehead atoms. The molecular weight excluding hydrogens is 284 g/mol. The SMILES string of the molecule is CSCC(C)CNCCN(C(=O)OC(C)(C)C)C(C)(C)C. The Hall–Kier alpha value is -0.420. The Morgan fingerprint density at radius 2 is 1.81 bits per heavy atom. The van der Waals surface area contributed by atoms with E-state index in [1.807, 2.05) is 53.3 Å². The third kappa shape index (κ3) is 10.0. The third-order valence-corrected chi connectivity index (χ3v) is 3.78. The minimum atomic E-state index is -0.457. The van der Waals surface area contributed by atoms with Crippen LogP contribution in [-0.4, -0.2) is 53.8 Å². The van der Waals surface area contributed by atoms with E-state index in [1.54, 1.807) is 4.90 Å². The zero-order chi connectivity index (χ0) is 16.7. The van der Waals surface area contributed by atoms with Gasteiger partial charge in [-0.05, 0) is 66.0 Å². The van der Waals surface area contributed by atoms with E-state index in [4.69, 9.17) is 4.74 Å². The summed E-state index contributed by atoms with van der Waals surface area (Å²) in [6, 6.07) is 0. The van der Waals surface area contributed by atoms with E-state index < -0.39 is 5.60 Å². The van der Waals surface area contributed by atoms with Crippen LogP contribution >= 0.6 is 11.8 Å². The molecule has 0 rings (SSSR count). The van der Waals surface area contributed by atoms with E-state index in [-0.39, 0.29) is 11.6 Å². The zero-order valence-electron chi connectivity index (χ0n) is 15.1. The highest BCUT2D eigenvalue weighted by Gasteiger charge is 2.30. The lowest BCUT2D eigenvalue weighted by molar-refractivity contribution is 0.00663. The maximum Gasteiger partial charge on any atom is 0.410 e. The van der Waals surface area contributed by atoms with Crippen LogP contribution in [0.5, 0.6) is 0 Å². The van der Waals surface area contributed by atoms with Crippen molar-refractivity contribution in [3.63, 3.8) is 0 Å². The molecule has 1 N–H and O–H groups in total. The smallest absolute Gasteiger partial charge is 0.410 e. The highest BCUT2D eigenvalue weighted by atomic mass is 32.2. The number of carbonyl (C=O) groups excluding carboxylic acids is 1. The molecule has 0 aliphatic rings. The fourth-order valence-corrected chi connectivity index (χ4v) is 2.59. The molecule has 0 heterocycles. The molecule has 0 saturated heterocycles. The Kier molecular flexibility index (Phi) is 8.71. The first-order valence-electron chi connectivity index (χ1n) is 7.67. The van der Waals surface area contributed by atoms with Crippen LogP contribution in [-0.2, 0) is 4.74 Å². The molecule has 0 aliphatic carbocycles. The first-order valence-corrected chi connectivity index (χ1v) is 9.07. The Morgan fingerprint density at radius 3 is 2.24 bits per heavy atom. The Labute approximate surface area is 135 Å². The molecule has 0 aromatic rings. The van der Waals surface area contributed by atoms with Crippen LogP contribution in [0.15, 0.2) is 0 Å². The van der Waals surface area contributed by atoms with Crippen molar-refractivity contribution in [2.75, 3.05) is 31.6 Å². The summed E-state index contributed by atoms with van der Waals surface area (Å²) < 4.78 is 5.50. The molecule has 1 amide bonds. The van der Waals surface area contributed by atoms with Crippen molar-refractivity contribution >= 4 is 17.9 Å². The molecule has 0 aliphatic heterocycles. The molecule has 1 unspecified atom stereocenters. The molecule has 0 aromatic heterocycles. The second-order valence-electron chi connectivity index (χ2n) is 7.57. The van der Waals surface area contributed by atoms with Crippen molar-refractivity contribution < 1.29 is 9.53 Å². The summed E-state index contributed by atoms with van der Waals surface area (Å²) in [6.45, 7) is 16.5. The van der Waals surface area contributed by atoms with Gasteiger partial charge < -0.3 is 15.0 Å². The molecule has 0 spiro atoms. The Balaban J connectivity index is 4.37. The molecule has 0 fully saturated rings. The summed E-state index contributed by atoms with van der Waals surface area (Å²) in [6.07, 6.45) is 1.88. The first kappa shape index (κ1) is 20.6. The lowest BCUT2D eigenvalue weighted by Gasteiger charge is -2.37. The summed E-state index contributed by atoms with van der Waals surface area (Å²) in [5.74, 6) is 1.80. The molecule has 0 aromatic carbocycles. The summed E-state index contributed by atoms with van der Waals surface area (Å²) in [4.78, 5) is 14.1. The van der Waals surface area contributed by atoms with Gasteiger partial charge in [0.25, 0.3) is 0 Å². The zero-order valence-corrected chi connectivity index (χ0v) is 15.9. The summed E-state index contributed by atoms with van der Waals surface area (Å²) in [7, 11) is 0. The van der Waals surface area contributed by atoms with Crippen LogP contribution in [0.3, 0.4) is 0 Å². The van der Waals surface area contributed by atoms with Gasteiger partial charge in [0.1, 0.15) is 5.60 Å². The van der Waals surface area contributed by atoms with Gasteiger partial charge in [0.15, 0.2) is 0 Å². The number of rotatable bonds is 7. The predicted molar refractivity (Wildman–Crippen MR) is 93.1 cm³/mol. The van der Waals surface area contributed by atoms with Crippen LogP contribution in [0.1, 0.15) is 48.5 Å². The minimum Gasteiger partial charge on any atom is -0.444 e. The highest BCUT2D eigenvalue weighted by Crippen LogP contribution is 2.17. The second kappa shape index (κ2) is 8.89. The van der Waals surface area contributed by atoms with Gasteiger partial charge in [0, 0.05) is 18.6 Å². The fourth-order valence-electron chi connectivity index (χ4n) is 1.90. The molecule has 4 nitrogen and oxygen atoms in total. The number of amides is 1. The van der Waals surface area contributed by atoms with Gasteiger partial charge in [0.2, 0.25) is 0 Å². The molecule has 0 saturated carbocycles. The quantitative estimate of drug-likeness (QED) is 0.728. The van der Waals surface area contributed by atoms with Crippen LogP contribution in [0, 0.1) is 5.92 Å². The first-order chi connectivity index (χ1) is 9.47. The largest absolute Gasteiger partial charge is 0.444 e. The average Bonchev–Trinajstić information content (AvgIpc) is 2.24. The van der Waals surface area contributed by atoms with Crippen molar-refractivity contribution in [3.05, 3.63) is 0 Å². The number of nitrogens with one attached hydrogen (secondary N) is 1. The maximum atomic E-state index is 12.3. The molecule has 1 atom stereocenters. The Bertz CT molecular complexity index is 308.